The fourth-order valence-corrected chi connectivity index (χ4v) is 0.329. The van der Waals surface area contributed by atoms with Crippen LogP contribution in [0.4, 0.5) is 4.39 Å². The van der Waals surface area contributed by atoms with Gasteiger partial charge < -0.3 is 5.73 Å². The molecular weight excluding hydrogens is 109 g/mol. The summed E-state index contributed by atoms with van der Waals surface area (Å²) in [6.07, 6.45) is -1.49. The van der Waals surface area contributed by atoms with Crippen LogP contribution in [0.15, 0.2) is 0 Å². The highest BCUT2D eigenvalue weighted by Crippen LogP contribution is 2.03. The second kappa shape index (κ2) is 2.64. The van der Waals surface area contributed by atoms with Crippen LogP contribution in [-0.4, -0.2) is 12.1 Å². The first kappa shape index (κ1) is 7.40. The van der Waals surface area contributed by atoms with Gasteiger partial charge in [-0.2, -0.15) is 0 Å². The minimum Gasteiger partial charge on any atom is -0.367 e. The van der Waals surface area contributed by atoms with Crippen LogP contribution in [0.2, 0.25) is 0 Å². The van der Waals surface area contributed by atoms with E-state index in [4.69, 9.17) is 0 Å². The van der Waals surface area contributed by atoms with Crippen molar-refractivity contribution in [1.29, 1.82) is 0 Å². The van der Waals surface area contributed by atoms with Gasteiger partial charge in [0.1, 0.15) is 0 Å². The molecule has 0 saturated heterocycles. The highest BCUT2D eigenvalue weighted by Gasteiger charge is 2.16. The van der Waals surface area contributed by atoms with Crippen molar-refractivity contribution < 1.29 is 9.18 Å². The Hall–Kier alpha value is -0.600. The number of amides is 1. The molecule has 0 radical (unpaired) electrons. The molecule has 0 spiro atoms. The van der Waals surface area contributed by atoms with Crippen molar-refractivity contribution in [2.75, 3.05) is 0 Å². The van der Waals surface area contributed by atoms with E-state index in [1.54, 1.807) is 13.8 Å². The zero-order chi connectivity index (χ0) is 6.73. The Morgan fingerprint density at radius 3 is 2.00 bits per heavy atom. The molecule has 0 aliphatic heterocycles. The van der Waals surface area contributed by atoms with E-state index in [-0.39, 0.29) is 5.92 Å². The average molecular weight is 119 g/mol. The molecule has 48 valence electrons. The number of nitrogens with two attached hydrogens (primary N) is 1. The summed E-state index contributed by atoms with van der Waals surface area (Å²) in [6.45, 7) is 3.21. The summed E-state index contributed by atoms with van der Waals surface area (Å²) in [4.78, 5) is 9.99. The third-order valence-corrected chi connectivity index (χ3v) is 0.857. The lowest BCUT2D eigenvalue weighted by molar-refractivity contribution is -0.124. The Bertz CT molecular complexity index is 92.4. The maximum absolute atomic E-state index is 12.2. The van der Waals surface area contributed by atoms with Gasteiger partial charge in [-0.15, -0.1) is 0 Å². The minimum atomic E-state index is -1.49. The van der Waals surface area contributed by atoms with Crippen molar-refractivity contribution in [3.05, 3.63) is 0 Å². The van der Waals surface area contributed by atoms with E-state index in [2.05, 4.69) is 5.73 Å². The Morgan fingerprint density at radius 1 is 1.62 bits per heavy atom. The van der Waals surface area contributed by atoms with Crippen LogP contribution in [0, 0.1) is 5.92 Å². The smallest absolute Gasteiger partial charge is 0.252 e. The first-order valence-corrected chi connectivity index (χ1v) is 2.49. The lowest BCUT2D eigenvalue weighted by Crippen LogP contribution is -2.28. The van der Waals surface area contributed by atoms with E-state index >= 15 is 0 Å². The van der Waals surface area contributed by atoms with Gasteiger partial charge in [0.15, 0.2) is 6.17 Å². The largest absolute Gasteiger partial charge is 0.367 e. The molecule has 2 nitrogen and oxygen atoms in total. The molecule has 0 bridgehead atoms. The minimum absolute atomic E-state index is 0.299. The number of carbonyl (C=O) groups excluding carboxylic acids is 1. The molecule has 8 heavy (non-hydrogen) atoms. The van der Waals surface area contributed by atoms with Crippen LogP contribution >= 0.6 is 0 Å². The monoisotopic (exact) mass is 119 g/mol. The van der Waals surface area contributed by atoms with Crippen molar-refractivity contribution in [2.45, 2.75) is 20.0 Å². The Balaban J connectivity index is 3.64. The predicted molar refractivity (Wildman–Crippen MR) is 28.9 cm³/mol. The van der Waals surface area contributed by atoms with E-state index in [9.17, 15) is 9.18 Å². The molecule has 1 amide bonds. The zero-order valence-electron chi connectivity index (χ0n) is 5.02. The van der Waals surface area contributed by atoms with Gasteiger partial charge in [0.05, 0.1) is 0 Å². The highest BCUT2D eigenvalue weighted by atomic mass is 19.1. The molecule has 1 atom stereocenters. The zero-order valence-corrected chi connectivity index (χ0v) is 5.02. The summed E-state index contributed by atoms with van der Waals surface area (Å²) >= 11 is 0. The molecule has 0 saturated carbocycles. The number of hydrogen-bond donors (Lipinski definition) is 1. The molecule has 2 N–H and O–H groups in total. The topological polar surface area (TPSA) is 43.1 Å². The fourth-order valence-electron chi connectivity index (χ4n) is 0.329. The molecule has 0 fully saturated rings. The van der Waals surface area contributed by atoms with Crippen LogP contribution in [-0.2, 0) is 4.79 Å². The van der Waals surface area contributed by atoms with Gasteiger partial charge in [-0.3, -0.25) is 4.79 Å². The number of halogens is 1. The molecule has 0 heterocycles. The Labute approximate surface area is 47.9 Å². The fraction of sp³-hybridized carbons (Fsp3) is 0.800. The molecule has 0 aromatic rings. The average Bonchev–Trinajstić information content (AvgIpc) is 1.64. The lowest BCUT2D eigenvalue weighted by atomic mass is 10.1. The molecule has 0 aromatic heterocycles. The van der Waals surface area contributed by atoms with Crippen molar-refractivity contribution in [3.63, 3.8) is 0 Å². The van der Waals surface area contributed by atoms with E-state index in [1.807, 2.05) is 0 Å². The highest BCUT2D eigenvalue weighted by molar-refractivity contribution is 5.78. The van der Waals surface area contributed by atoms with Gasteiger partial charge in [-0.1, -0.05) is 13.8 Å². The van der Waals surface area contributed by atoms with Gasteiger partial charge in [-0.25, -0.2) is 4.39 Å². The first-order chi connectivity index (χ1) is 3.55. The standard InChI is InChI=1S/C5H10FNO/c1-3(2)4(6)5(7)8/h3-4H,1-2H3,(H2,7,8). The van der Waals surface area contributed by atoms with Crippen LogP contribution in [0.25, 0.3) is 0 Å². The summed E-state index contributed by atoms with van der Waals surface area (Å²) in [6, 6.07) is 0. The van der Waals surface area contributed by atoms with Crippen molar-refractivity contribution >= 4 is 5.91 Å². The number of alkyl halides is 1. The molecule has 0 aliphatic carbocycles. The van der Waals surface area contributed by atoms with Crippen LogP contribution < -0.4 is 5.73 Å². The normalized spacial score (nSPS) is 14.0. The number of primary amides is 1. The number of rotatable bonds is 2. The maximum Gasteiger partial charge on any atom is 0.252 e. The third kappa shape index (κ3) is 1.91. The first-order valence-electron chi connectivity index (χ1n) is 2.49. The summed E-state index contributed by atoms with van der Waals surface area (Å²) < 4.78 is 12.2. The van der Waals surface area contributed by atoms with Gasteiger partial charge in [0.25, 0.3) is 5.91 Å². The second-order valence-electron chi connectivity index (χ2n) is 2.05. The van der Waals surface area contributed by atoms with Gasteiger partial charge in [0.2, 0.25) is 0 Å². The van der Waals surface area contributed by atoms with E-state index in [0.29, 0.717) is 0 Å². The molecule has 0 rings (SSSR count). The van der Waals surface area contributed by atoms with Gasteiger partial charge in [-0.05, 0) is 5.92 Å². The second-order valence-corrected chi connectivity index (χ2v) is 2.05. The SMILES string of the molecule is CC(C)C(F)C(N)=O. The van der Waals surface area contributed by atoms with Crippen molar-refractivity contribution in [2.24, 2.45) is 11.7 Å². The molecule has 0 aromatic carbocycles. The Kier molecular flexibility index (Phi) is 2.45. The molecular formula is C5H10FNO. The van der Waals surface area contributed by atoms with Crippen molar-refractivity contribution in [1.82, 2.24) is 0 Å². The lowest BCUT2D eigenvalue weighted by Gasteiger charge is -2.04. The maximum atomic E-state index is 12.2. The number of hydrogen-bond acceptors (Lipinski definition) is 1. The number of carbonyl (C=O) groups is 1. The van der Waals surface area contributed by atoms with E-state index < -0.39 is 12.1 Å². The van der Waals surface area contributed by atoms with Gasteiger partial charge in [0, 0.05) is 0 Å². The Morgan fingerprint density at radius 2 is 2.00 bits per heavy atom. The third-order valence-electron chi connectivity index (χ3n) is 0.857. The molecule has 3 heteroatoms. The quantitative estimate of drug-likeness (QED) is 0.564. The summed E-state index contributed by atoms with van der Waals surface area (Å²) in [5.41, 5.74) is 4.62. The summed E-state index contributed by atoms with van der Waals surface area (Å²) in [7, 11) is 0. The van der Waals surface area contributed by atoms with E-state index in [0.717, 1.165) is 0 Å². The summed E-state index contributed by atoms with van der Waals surface area (Å²) in [5, 5.41) is 0. The van der Waals surface area contributed by atoms with Crippen LogP contribution in [0.1, 0.15) is 13.8 Å². The molecule has 0 aliphatic rings. The van der Waals surface area contributed by atoms with Crippen LogP contribution in [0.3, 0.4) is 0 Å². The van der Waals surface area contributed by atoms with Crippen molar-refractivity contribution in [3.8, 4) is 0 Å². The van der Waals surface area contributed by atoms with Gasteiger partial charge >= 0.3 is 0 Å². The summed E-state index contributed by atoms with van der Waals surface area (Å²) in [5.74, 6) is -1.17. The van der Waals surface area contributed by atoms with E-state index in [1.165, 1.54) is 0 Å². The molecule has 1 unspecified atom stereocenters. The predicted octanol–water partition coefficient (Wildman–Crippen LogP) is 0.466. The van der Waals surface area contributed by atoms with Crippen LogP contribution in [0.5, 0.6) is 0 Å².